The first-order valence-electron chi connectivity index (χ1n) is 12.6. The lowest BCUT2D eigenvalue weighted by molar-refractivity contribution is -0.123. The van der Waals surface area contributed by atoms with Crippen LogP contribution in [-0.4, -0.2) is 28.5 Å². The zero-order valence-corrected chi connectivity index (χ0v) is 20.9. The van der Waals surface area contributed by atoms with E-state index in [1.807, 2.05) is 38.1 Å². The number of aromatic hydroxyl groups is 1. The number of imide groups is 1. The Kier molecular flexibility index (Phi) is 5.19. The molecule has 186 valence electrons. The number of fused-ring (bicyclic) bond motifs is 3. The predicted octanol–water partition coefficient (Wildman–Crippen LogP) is 4.64. The number of hydrogen-bond acceptors (Lipinski definition) is 5. The minimum Gasteiger partial charge on any atom is -0.507 e. The number of allylic oxidation sites excluding steroid dienone is 6. The van der Waals surface area contributed by atoms with Crippen LogP contribution in [0.1, 0.15) is 42.4 Å². The van der Waals surface area contributed by atoms with Crippen molar-refractivity contribution in [1.29, 1.82) is 0 Å². The normalized spacial score (nSPS) is 27.1. The third-order valence-corrected chi connectivity index (χ3v) is 8.42. The van der Waals surface area contributed by atoms with Gasteiger partial charge in [-0.1, -0.05) is 42.0 Å². The van der Waals surface area contributed by atoms with Gasteiger partial charge in [-0.2, -0.15) is 0 Å². The molecule has 2 aromatic rings. The number of hydrogen-bond donors (Lipinski definition) is 1. The Hall–Kier alpha value is -4.06. The Balaban J connectivity index is 1.52. The van der Waals surface area contributed by atoms with Crippen LogP contribution in [0.3, 0.4) is 0 Å². The number of ketones is 2. The van der Waals surface area contributed by atoms with Crippen molar-refractivity contribution in [3.8, 4) is 5.75 Å². The van der Waals surface area contributed by atoms with Crippen LogP contribution < -0.4 is 4.90 Å². The second-order valence-corrected chi connectivity index (χ2v) is 10.6. The van der Waals surface area contributed by atoms with E-state index in [0.717, 1.165) is 11.1 Å². The highest BCUT2D eigenvalue weighted by Gasteiger charge is 2.56. The average Bonchev–Trinajstić information content (AvgIpc) is 3.14. The van der Waals surface area contributed by atoms with Gasteiger partial charge in [0.1, 0.15) is 5.75 Å². The van der Waals surface area contributed by atoms with E-state index in [-0.39, 0.29) is 41.5 Å². The molecule has 0 saturated carbocycles. The Morgan fingerprint density at radius 1 is 0.892 bits per heavy atom. The van der Waals surface area contributed by atoms with E-state index in [2.05, 4.69) is 0 Å². The fraction of sp³-hybridized carbons (Fsp3) is 0.290. The van der Waals surface area contributed by atoms with Gasteiger partial charge in [-0.15, -0.1) is 0 Å². The van der Waals surface area contributed by atoms with Gasteiger partial charge in [0.2, 0.25) is 11.8 Å². The summed E-state index contributed by atoms with van der Waals surface area (Å²) in [5.41, 5.74) is 4.91. The highest BCUT2D eigenvalue weighted by Crippen LogP contribution is 2.55. The zero-order chi connectivity index (χ0) is 26.2. The number of carbonyl (C=O) groups is 4. The standard InChI is InChI=1S/C31H27NO5/c1-15-11-18(12-16(2)28(15)34)25-20-9-10-21-26(31(37)32(30(21)36)19-7-5-4-6-8-19)22(20)14-23-27(25)24(33)13-17(3)29(23)35/h4-9,11-13,21-22,25-26,34H,10,14H2,1-3H3. The first-order valence-corrected chi connectivity index (χ1v) is 12.6. The maximum Gasteiger partial charge on any atom is 0.238 e. The quantitative estimate of drug-likeness (QED) is 0.374. The average molecular weight is 494 g/mol. The number of amides is 2. The van der Waals surface area contributed by atoms with Gasteiger partial charge in [-0.25, -0.2) is 0 Å². The number of aryl methyl sites for hydroxylation is 2. The second kappa shape index (κ2) is 8.23. The summed E-state index contributed by atoms with van der Waals surface area (Å²) in [5, 5.41) is 10.4. The molecule has 1 saturated heterocycles. The summed E-state index contributed by atoms with van der Waals surface area (Å²) < 4.78 is 0. The minimum atomic E-state index is -0.599. The molecule has 4 atom stereocenters. The van der Waals surface area contributed by atoms with Gasteiger partial charge >= 0.3 is 0 Å². The van der Waals surface area contributed by atoms with Crippen molar-refractivity contribution in [1.82, 2.24) is 0 Å². The SMILES string of the molecule is CC1=CC(=O)C2=C(CC3C(=CCC4C(=O)N(c5ccccc5)C(=O)C43)C2c2cc(C)c(O)c(C)c2)C1=O. The molecule has 6 nitrogen and oxygen atoms in total. The van der Waals surface area contributed by atoms with Gasteiger partial charge in [0, 0.05) is 22.6 Å². The summed E-state index contributed by atoms with van der Waals surface area (Å²) in [6.07, 6.45) is 4.07. The largest absolute Gasteiger partial charge is 0.507 e. The second-order valence-electron chi connectivity index (χ2n) is 10.6. The van der Waals surface area contributed by atoms with E-state index < -0.39 is 17.8 Å². The molecule has 0 aromatic heterocycles. The lowest BCUT2D eigenvalue weighted by atomic mass is 9.59. The topological polar surface area (TPSA) is 91.8 Å². The Morgan fingerprint density at radius 2 is 1.57 bits per heavy atom. The fourth-order valence-corrected chi connectivity index (χ4v) is 6.75. The number of Topliss-reactive ketones (excluding diaryl/α,β-unsaturated/α-hetero) is 1. The Bertz CT molecular complexity index is 1490. The first kappa shape index (κ1) is 23.3. The predicted molar refractivity (Wildman–Crippen MR) is 138 cm³/mol. The van der Waals surface area contributed by atoms with E-state index in [1.165, 1.54) is 11.0 Å². The molecule has 4 unspecified atom stereocenters. The van der Waals surface area contributed by atoms with Crippen LogP contribution in [-0.2, 0) is 19.2 Å². The lowest BCUT2D eigenvalue weighted by Gasteiger charge is -2.42. The Morgan fingerprint density at radius 3 is 2.24 bits per heavy atom. The van der Waals surface area contributed by atoms with Crippen LogP contribution in [0.25, 0.3) is 0 Å². The third-order valence-electron chi connectivity index (χ3n) is 8.42. The number of carbonyl (C=O) groups excluding carboxylic acids is 4. The van der Waals surface area contributed by atoms with E-state index >= 15 is 0 Å². The number of phenolic OH excluding ortho intramolecular Hbond substituents is 1. The number of nitrogens with zero attached hydrogens (tertiary/aromatic N) is 1. The molecule has 1 aliphatic heterocycles. The molecular weight excluding hydrogens is 466 g/mol. The Labute approximate surface area is 215 Å². The van der Waals surface area contributed by atoms with Crippen LogP contribution >= 0.6 is 0 Å². The van der Waals surface area contributed by atoms with Crippen molar-refractivity contribution in [2.45, 2.75) is 39.5 Å². The van der Waals surface area contributed by atoms with Gasteiger partial charge in [0.25, 0.3) is 0 Å². The van der Waals surface area contributed by atoms with Crippen molar-refractivity contribution in [2.75, 3.05) is 4.90 Å². The minimum absolute atomic E-state index is 0.176. The van der Waals surface area contributed by atoms with Crippen LogP contribution in [0.5, 0.6) is 5.75 Å². The summed E-state index contributed by atoms with van der Waals surface area (Å²) in [4.78, 5) is 55.3. The van der Waals surface area contributed by atoms with Crippen LogP contribution in [0, 0.1) is 31.6 Å². The number of rotatable bonds is 2. The number of para-hydroxylation sites is 1. The van der Waals surface area contributed by atoms with Gasteiger partial charge in [-0.05, 0) is 74.4 Å². The third kappa shape index (κ3) is 3.31. The lowest BCUT2D eigenvalue weighted by Crippen LogP contribution is -2.39. The molecular formula is C31H27NO5. The highest BCUT2D eigenvalue weighted by molar-refractivity contribution is 6.25. The first-order chi connectivity index (χ1) is 17.7. The summed E-state index contributed by atoms with van der Waals surface area (Å²) in [6, 6.07) is 12.7. The fourth-order valence-electron chi connectivity index (χ4n) is 6.75. The van der Waals surface area contributed by atoms with Gasteiger partial charge in [-0.3, -0.25) is 24.1 Å². The van der Waals surface area contributed by atoms with Crippen LogP contribution in [0.2, 0.25) is 0 Å². The molecule has 1 fully saturated rings. The summed E-state index contributed by atoms with van der Waals surface area (Å²) in [7, 11) is 0. The monoisotopic (exact) mass is 493 g/mol. The van der Waals surface area contributed by atoms with Crippen molar-refractivity contribution < 1.29 is 24.3 Å². The van der Waals surface area contributed by atoms with Gasteiger partial charge in [0.05, 0.1) is 17.5 Å². The molecule has 1 N–H and O–H groups in total. The van der Waals surface area contributed by atoms with E-state index in [4.69, 9.17) is 0 Å². The number of benzene rings is 2. The molecule has 0 radical (unpaired) electrons. The zero-order valence-electron chi connectivity index (χ0n) is 20.9. The van der Waals surface area contributed by atoms with E-state index in [9.17, 15) is 24.3 Å². The molecule has 1 heterocycles. The van der Waals surface area contributed by atoms with Crippen molar-refractivity contribution in [2.24, 2.45) is 17.8 Å². The molecule has 6 heteroatoms. The van der Waals surface area contributed by atoms with Gasteiger partial charge < -0.3 is 5.11 Å². The highest BCUT2D eigenvalue weighted by atomic mass is 16.3. The maximum absolute atomic E-state index is 13.8. The smallest absolute Gasteiger partial charge is 0.238 e. The maximum atomic E-state index is 13.8. The molecule has 37 heavy (non-hydrogen) atoms. The number of anilines is 1. The van der Waals surface area contributed by atoms with Crippen molar-refractivity contribution in [3.63, 3.8) is 0 Å². The molecule has 2 aromatic carbocycles. The molecule has 6 rings (SSSR count). The van der Waals surface area contributed by atoms with Crippen LogP contribution in [0.4, 0.5) is 5.69 Å². The molecule has 2 amide bonds. The van der Waals surface area contributed by atoms with E-state index in [1.54, 1.807) is 31.2 Å². The molecule has 4 aliphatic rings. The number of phenols is 1. The van der Waals surface area contributed by atoms with Crippen molar-refractivity contribution >= 4 is 29.1 Å². The molecule has 0 bridgehead atoms. The van der Waals surface area contributed by atoms with Crippen molar-refractivity contribution in [3.05, 3.63) is 93.6 Å². The molecule has 0 spiro atoms. The summed E-state index contributed by atoms with van der Waals surface area (Å²) in [5.74, 6) is -2.62. The van der Waals surface area contributed by atoms with E-state index in [0.29, 0.717) is 40.0 Å². The van der Waals surface area contributed by atoms with Crippen LogP contribution in [0.15, 0.2) is 76.9 Å². The summed E-state index contributed by atoms with van der Waals surface area (Å²) >= 11 is 0. The summed E-state index contributed by atoms with van der Waals surface area (Å²) in [6.45, 7) is 5.26. The molecule has 3 aliphatic carbocycles. The van der Waals surface area contributed by atoms with Gasteiger partial charge in [0.15, 0.2) is 11.6 Å².